The number of nitrogens with one attached hydrogen (secondary N) is 1. The molecule has 0 heterocycles. The summed E-state index contributed by atoms with van der Waals surface area (Å²) in [5.74, 6) is -0.666. The van der Waals surface area contributed by atoms with E-state index in [1.54, 1.807) is 31.2 Å². The van der Waals surface area contributed by atoms with Crippen molar-refractivity contribution in [3.8, 4) is 5.75 Å². The van der Waals surface area contributed by atoms with Crippen LogP contribution in [0.4, 0.5) is 0 Å². The Kier molecular flexibility index (Phi) is 5.58. The second kappa shape index (κ2) is 7.46. The summed E-state index contributed by atoms with van der Waals surface area (Å²) in [6.45, 7) is 1.72. The Bertz CT molecular complexity index is 818. The van der Waals surface area contributed by atoms with E-state index in [0.29, 0.717) is 11.3 Å². The highest BCUT2D eigenvalue weighted by Crippen LogP contribution is 2.21. The van der Waals surface area contributed by atoms with Gasteiger partial charge in [-0.25, -0.2) is 8.42 Å². The number of aliphatic carboxylic acids is 1. The molecule has 1 atom stereocenters. The zero-order chi connectivity index (χ0) is 17.7. The summed E-state index contributed by atoms with van der Waals surface area (Å²) < 4.78 is 32.3. The van der Waals surface area contributed by atoms with Crippen LogP contribution in [0.15, 0.2) is 53.4 Å². The fourth-order valence-corrected chi connectivity index (χ4v) is 3.58. The van der Waals surface area contributed by atoms with Gasteiger partial charge in [0.1, 0.15) is 11.8 Å². The summed E-state index contributed by atoms with van der Waals surface area (Å²) in [7, 11) is -2.46. The maximum Gasteiger partial charge on any atom is 0.322 e. The van der Waals surface area contributed by atoms with Crippen LogP contribution in [0.2, 0.25) is 0 Å². The highest BCUT2D eigenvalue weighted by molar-refractivity contribution is 7.89. The molecule has 0 saturated heterocycles. The third-order valence-electron chi connectivity index (χ3n) is 3.55. The van der Waals surface area contributed by atoms with Crippen molar-refractivity contribution in [3.63, 3.8) is 0 Å². The number of benzene rings is 2. The molecule has 0 bridgehead atoms. The van der Waals surface area contributed by atoms with E-state index in [4.69, 9.17) is 4.74 Å². The van der Waals surface area contributed by atoms with Crippen molar-refractivity contribution >= 4 is 16.0 Å². The molecule has 0 spiro atoms. The van der Waals surface area contributed by atoms with Crippen molar-refractivity contribution in [1.82, 2.24) is 4.72 Å². The van der Waals surface area contributed by atoms with E-state index < -0.39 is 22.0 Å². The van der Waals surface area contributed by atoms with E-state index in [2.05, 4.69) is 4.72 Å². The molecule has 0 aliphatic rings. The molecule has 0 amide bonds. The van der Waals surface area contributed by atoms with Crippen molar-refractivity contribution < 1.29 is 23.1 Å². The van der Waals surface area contributed by atoms with Crippen molar-refractivity contribution in [1.29, 1.82) is 0 Å². The molecule has 2 aromatic rings. The largest absolute Gasteiger partial charge is 0.496 e. The molecule has 0 fully saturated rings. The molecule has 0 aromatic heterocycles. The van der Waals surface area contributed by atoms with Crippen LogP contribution in [0.5, 0.6) is 5.75 Å². The van der Waals surface area contributed by atoms with Gasteiger partial charge >= 0.3 is 5.97 Å². The van der Waals surface area contributed by atoms with Crippen LogP contribution < -0.4 is 9.46 Å². The van der Waals surface area contributed by atoms with Crippen molar-refractivity contribution in [3.05, 3.63) is 59.7 Å². The lowest BCUT2D eigenvalue weighted by Crippen LogP contribution is -2.42. The molecule has 2 aromatic carbocycles. The molecule has 24 heavy (non-hydrogen) atoms. The minimum Gasteiger partial charge on any atom is -0.496 e. The Hall–Kier alpha value is -2.38. The van der Waals surface area contributed by atoms with Crippen LogP contribution in [-0.2, 0) is 21.2 Å². The first-order valence-electron chi connectivity index (χ1n) is 7.27. The maximum absolute atomic E-state index is 12.5. The average molecular weight is 349 g/mol. The van der Waals surface area contributed by atoms with Gasteiger partial charge in [0.2, 0.25) is 10.0 Å². The monoisotopic (exact) mass is 349 g/mol. The third kappa shape index (κ3) is 4.33. The normalized spacial score (nSPS) is 12.6. The van der Waals surface area contributed by atoms with Crippen LogP contribution in [0.1, 0.15) is 11.1 Å². The first kappa shape index (κ1) is 18.0. The molecule has 7 heteroatoms. The number of sulfonamides is 1. The van der Waals surface area contributed by atoms with E-state index in [-0.39, 0.29) is 11.3 Å². The Balaban J connectivity index is 2.24. The van der Waals surface area contributed by atoms with Gasteiger partial charge in [0.15, 0.2) is 0 Å². The van der Waals surface area contributed by atoms with Gasteiger partial charge in [-0.3, -0.25) is 4.79 Å². The summed E-state index contributed by atoms with van der Waals surface area (Å²) >= 11 is 0. The lowest BCUT2D eigenvalue weighted by molar-refractivity contribution is -0.138. The number of carboxylic acid groups (broad SMARTS) is 1. The SMILES string of the molecule is COc1ccc(S(=O)(=O)NC(Cc2ccccc2)C(=O)O)cc1C. The quantitative estimate of drug-likeness (QED) is 0.797. The van der Waals surface area contributed by atoms with Gasteiger partial charge in [0.05, 0.1) is 12.0 Å². The molecule has 2 rings (SSSR count). The molecule has 0 saturated carbocycles. The summed E-state index contributed by atoms with van der Waals surface area (Å²) in [5, 5.41) is 9.33. The standard InChI is InChI=1S/C17H19NO5S/c1-12-10-14(8-9-16(12)23-2)24(21,22)18-15(17(19)20)11-13-6-4-3-5-7-13/h3-10,15,18H,11H2,1-2H3,(H,19,20). The first-order chi connectivity index (χ1) is 11.3. The zero-order valence-corrected chi connectivity index (χ0v) is 14.2. The van der Waals surface area contributed by atoms with Gasteiger partial charge in [-0.05, 0) is 42.7 Å². The van der Waals surface area contributed by atoms with Gasteiger partial charge < -0.3 is 9.84 Å². The van der Waals surface area contributed by atoms with Crippen molar-refractivity contribution in [2.75, 3.05) is 7.11 Å². The van der Waals surface area contributed by atoms with Gasteiger partial charge in [0, 0.05) is 0 Å². The van der Waals surface area contributed by atoms with Crippen LogP contribution in [0.25, 0.3) is 0 Å². The second-order valence-corrected chi connectivity index (χ2v) is 7.05. The summed E-state index contributed by atoms with van der Waals surface area (Å²) in [6, 6.07) is 12.0. The van der Waals surface area contributed by atoms with Crippen LogP contribution in [-0.4, -0.2) is 32.6 Å². The lowest BCUT2D eigenvalue weighted by atomic mass is 10.1. The predicted octanol–water partition coefficient (Wildman–Crippen LogP) is 1.98. The predicted molar refractivity (Wildman–Crippen MR) is 89.6 cm³/mol. The topological polar surface area (TPSA) is 92.7 Å². The Morgan fingerprint density at radius 3 is 2.42 bits per heavy atom. The summed E-state index contributed by atoms with van der Waals surface area (Å²) in [4.78, 5) is 11.4. The molecular formula is C17H19NO5S. The smallest absolute Gasteiger partial charge is 0.322 e. The third-order valence-corrected chi connectivity index (χ3v) is 5.02. The zero-order valence-electron chi connectivity index (χ0n) is 13.4. The van der Waals surface area contributed by atoms with Crippen LogP contribution in [0, 0.1) is 6.92 Å². The molecular weight excluding hydrogens is 330 g/mol. The Morgan fingerprint density at radius 1 is 1.21 bits per heavy atom. The van der Waals surface area contributed by atoms with Gasteiger partial charge in [0.25, 0.3) is 0 Å². The fourth-order valence-electron chi connectivity index (χ4n) is 2.30. The number of ether oxygens (including phenoxy) is 1. The van der Waals surface area contributed by atoms with Crippen molar-refractivity contribution in [2.45, 2.75) is 24.3 Å². The first-order valence-corrected chi connectivity index (χ1v) is 8.75. The molecule has 128 valence electrons. The van der Waals surface area contributed by atoms with E-state index in [1.165, 1.54) is 25.3 Å². The van der Waals surface area contributed by atoms with E-state index >= 15 is 0 Å². The Morgan fingerprint density at radius 2 is 1.88 bits per heavy atom. The molecule has 2 N–H and O–H groups in total. The van der Waals surface area contributed by atoms with Crippen LogP contribution in [0.3, 0.4) is 0 Å². The minimum atomic E-state index is -3.96. The summed E-state index contributed by atoms with van der Waals surface area (Å²) in [6.07, 6.45) is 0.0601. The van der Waals surface area contributed by atoms with Crippen LogP contribution >= 0.6 is 0 Å². The van der Waals surface area contributed by atoms with E-state index in [1.807, 2.05) is 6.07 Å². The highest BCUT2D eigenvalue weighted by atomic mass is 32.2. The number of rotatable bonds is 7. The minimum absolute atomic E-state index is 0.000103. The molecule has 6 nitrogen and oxygen atoms in total. The van der Waals surface area contributed by atoms with Gasteiger partial charge in [-0.15, -0.1) is 0 Å². The van der Waals surface area contributed by atoms with E-state index in [0.717, 1.165) is 5.56 Å². The number of methoxy groups -OCH3 is 1. The highest BCUT2D eigenvalue weighted by Gasteiger charge is 2.26. The number of hydrogen-bond acceptors (Lipinski definition) is 4. The average Bonchev–Trinajstić information content (AvgIpc) is 2.55. The molecule has 0 radical (unpaired) electrons. The lowest BCUT2D eigenvalue weighted by Gasteiger charge is -2.15. The second-order valence-electron chi connectivity index (χ2n) is 5.33. The number of aryl methyl sites for hydroxylation is 1. The number of hydrogen-bond donors (Lipinski definition) is 2. The summed E-state index contributed by atoms with van der Waals surface area (Å²) in [5.41, 5.74) is 1.38. The van der Waals surface area contributed by atoms with Crippen molar-refractivity contribution in [2.24, 2.45) is 0 Å². The Labute approximate surface area is 141 Å². The molecule has 0 aliphatic heterocycles. The molecule has 0 aliphatic carbocycles. The van der Waals surface area contributed by atoms with Gasteiger partial charge in [-0.2, -0.15) is 4.72 Å². The number of carboxylic acids is 1. The maximum atomic E-state index is 12.5. The van der Waals surface area contributed by atoms with Gasteiger partial charge in [-0.1, -0.05) is 30.3 Å². The molecule has 1 unspecified atom stereocenters. The number of carbonyl (C=O) groups is 1. The fraction of sp³-hybridized carbons (Fsp3) is 0.235. The van der Waals surface area contributed by atoms with E-state index in [9.17, 15) is 18.3 Å².